The summed E-state index contributed by atoms with van der Waals surface area (Å²) < 4.78 is 6.31. The predicted octanol–water partition coefficient (Wildman–Crippen LogP) is 5.44. The SMILES string of the molecule is COc1ccc(-c2csc(/C=C/c3cc(Br)cs3)n2)cc1CC(=O)O. The summed E-state index contributed by atoms with van der Waals surface area (Å²) in [5.74, 6) is -0.316. The Morgan fingerprint density at radius 2 is 2.12 bits per heavy atom. The van der Waals surface area contributed by atoms with E-state index in [1.54, 1.807) is 28.7 Å². The van der Waals surface area contributed by atoms with Crippen LogP contribution in [0.2, 0.25) is 0 Å². The van der Waals surface area contributed by atoms with E-state index in [2.05, 4.69) is 27.0 Å². The number of methoxy groups -OCH3 is 1. The molecule has 1 N–H and O–H groups in total. The van der Waals surface area contributed by atoms with E-state index in [0.717, 1.165) is 25.6 Å². The van der Waals surface area contributed by atoms with Crippen molar-refractivity contribution in [2.75, 3.05) is 7.11 Å². The van der Waals surface area contributed by atoms with Crippen molar-refractivity contribution in [3.8, 4) is 17.0 Å². The van der Waals surface area contributed by atoms with Crippen LogP contribution in [0.3, 0.4) is 0 Å². The zero-order valence-electron chi connectivity index (χ0n) is 13.2. The highest BCUT2D eigenvalue weighted by Crippen LogP contribution is 2.29. The fourth-order valence-electron chi connectivity index (χ4n) is 2.30. The average molecular weight is 436 g/mol. The first-order valence-corrected chi connectivity index (χ1v) is 9.87. The van der Waals surface area contributed by atoms with Crippen LogP contribution in [0.4, 0.5) is 0 Å². The van der Waals surface area contributed by atoms with Gasteiger partial charge in [-0.05, 0) is 52.3 Å². The average Bonchev–Trinajstić information content (AvgIpc) is 3.21. The van der Waals surface area contributed by atoms with Crippen molar-refractivity contribution in [2.24, 2.45) is 0 Å². The van der Waals surface area contributed by atoms with E-state index in [1.165, 1.54) is 7.11 Å². The van der Waals surface area contributed by atoms with E-state index < -0.39 is 5.97 Å². The molecule has 128 valence electrons. The fraction of sp³-hybridized carbons (Fsp3) is 0.111. The molecule has 2 aromatic heterocycles. The van der Waals surface area contributed by atoms with Gasteiger partial charge in [0.05, 0.1) is 19.2 Å². The van der Waals surface area contributed by atoms with Gasteiger partial charge in [0.15, 0.2) is 0 Å². The minimum Gasteiger partial charge on any atom is -0.496 e. The number of nitrogens with zero attached hydrogens (tertiary/aromatic N) is 1. The monoisotopic (exact) mass is 435 g/mol. The van der Waals surface area contributed by atoms with Crippen LogP contribution in [-0.4, -0.2) is 23.2 Å². The number of aliphatic carboxylic acids is 1. The number of hydrogen-bond donors (Lipinski definition) is 1. The molecule has 0 bridgehead atoms. The molecule has 0 atom stereocenters. The lowest BCUT2D eigenvalue weighted by atomic mass is 10.1. The number of carboxylic acid groups (broad SMARTS) is 1. The van der Waals surface area contributed by atoms with Crippen LogP contribution >= 0.6 is 38.6 Å². The van der Waals surface area contributed by atoms with Crippen molar-refractivity contribution < 1.29 is 14.6 Å². The summed E-state index contributed by atoms with van der Waals surface area (Å²) in [5.41, 5.74) is 2.35. The first-order valence-electron chi connectivity index (χ1n) is 7.32. The lowest BCUT2D eigenvalue weighted by Gasteiger charge is -2.08. The lowest BCUT2D eigenvalue weighted by Crippen LogP contribution is -2.02. The van der Waals surface area contributed by atoms with Gasteiger partial charge in [0, 0.05) is 31.2 Å². The Labute approximate surface area is 161 Å². The number of thiophene rings is 1. The molecule has 1 aromatic carbocycles. The summed E-state index contributed by atoms with van der Waals surface area (Å²) in [4.78, 5) is 16.8. The summed E-state index contributed by atoms with van der Waals surface area (Å²) in [5, 5.41) is 14.0. The number of carboxylic acids is 1. The van der Waals surface area contributed by atoms with Crippen LogP contribution in [0.5, 0.6) is 5.75 Å². The maximum atomic E-state index is 11.0. The molecule has 25 heavy (non-hydrogen) atoms. The molecule has 7 heteroatoms. The second kappa shape index (κ2) is 7.95. The van der Waals surface area contributed by atoms with Crippen LogP contribution in [0.15, 0.2) is 39.5 Å². The van der Waals surface area contributed by atoms with E-state index in [9.17, 15) is 4.79 Å². The summed E-state index contributed by atoms with van der Waals surface area (Å²) in [7, 11) is 1.54. The predicted molar refractivity (Wildman–Crippen MR) is 106 cm³/mol. The molecule has 0 aliphatic heterocycles. The third-order valence-electron chi connectivity index (χ3n) is 3.42. The third kappa shape index (κ3) is 4.56. The first-order chi connectivity index (χ1) is 12.0. The molecule has 0 fully saturated rings. The van der Waals surface area contributed by atoms with E-state index in [1.807, 2.05) is 35.0 Å². The molecule has 0 saturated heterocycles. The van der Waals surface area contributed by atoms with Gasteiger partial charge >= 0.3 is 5.97 Å². The molecule has 4 nitrogen and oxygen atoms in total. The maximum absolute atomic E-state index is 11.0. The van der Waals surface area contributed by atoms with Gasteiger partial charge in [-0.15, -0.1) is 22.7 Å². The van der Waals surface area contributed by atoms with E-state index in [4.69, 9.17) is 9.84 Å². The Bertz CT molecular complexity index is 930. The Hall–Kier alpha value is -1.96. The first kappa shape index (κ1) is 17.8. The van der Waals surface area contributed by atoms with Crippen LogP contribution in [0.1, 0.15) is 15.4 Å². The van der Waals surface area contributed by atoms with Gasteiger partial charge in [-0.25, -0.2) is 4.98 Å². The van der Waals surface area contributed by atoms with Crippen molar-refractivity contribution in [1.29, 1.82) is 0 Å². The molecule has 0 unspecified atom stereocenters. The summed E-state index contributed by atoms with van der Waals surface area (Å²) in [6.45, 7) is 0. The largest absolute Gasteiger partial charge is 0.496 e. The molecule has 0 saturated carbocycles. The number of halogens is 1. The maximum Gasteiger partial charge on any atom is 0.307 e. The Morgan fingerprint density at radius 3 is 2.80 bits per heavy atom. The van der Waals surface area contributed by atoms with Crippen LogP contribution in [0, 0.1) is 0 Å². The molecular weight excluding hydrogens is 422 g/mol. The molecular formula is C18H14BrNO3S2. The normalized spacial score (nSPS) is 11.1. The highest BCUT2D eigenvalue weighted by atomic mass is 79.9. The van der Waals surface area contributed by atoms with Crippen LogP contribution < -0.4 is 4.74 Å². The molecule has 3 aromatic rings. The number of aromatic nitrogens is 1. The molecule has 0 aliphatic rings. The number of carbonyl (C=O) groups is 1. The van der Waals surface area contributed by atoms with Crippen molar-refractivity contribution in [2.45, 2.75) is 6.42 Å². The lowest BCUT2D eigenvalue weighted by molar-refractivity contribution is -0.136. The zero-order valence-corrected chi connectivity index (χ0v) is 16.5. The van der Waals surface area contributed by atoms with Crippen molar-refractivity contribution in [3.63, 3.8) is 0 Å². The van der Waals surface area contributed by atoms with Gasteiger partial charge in [-0.3, -0.25) is 4.79 Å². The summed E-state index contributed by atoms with van der Waals surface area (Å²) in [6.07, 6.45) is 3.93. The number of ether oxygens (including phenoxy) is 1. The minimum absolute atomic E-state index is 0.0822. The third-order valence-corrected chi connectivity index (χ3v) is 5.89. The van der Waals surface area contributed by atoms with Gasteiger partial charge in [-0.1, -0.05) is 0 Å². The summed E-state index contributed by atoms with van der Waals surface area (Å²) in [6, 6.07) is 7.55. The molecule has 0 amide bonds. The standard InChI is InChI=1S/C18H14BrNO3S2/c1-23-16-4-2-11(6-12(16)7-18(21)22)15-10-25-17(20-15)5-3-14-8-13(19)9-24-14/h2-6,8-10H,7H2,1H3,(H,21,22)/b5-3+. The van der Waals surface area contributed by atoms with Gasteiger partial charge in [0.1, 0.15) is 10.8 Å². The number of thiazole rings is 1. The topological polar surface area (TPSA) is 59.4 Å². The van der Waals surface area contributed by atoms with Crippen molar-refractivity contribution in [1.82, 2.24) is 4.98 Å². The Kier molecular flexibility index (Phi) is 5.67. The van der Waals surface area contributed by atoms with Crippen LogP contribution in [0.25, 0.3) is 23.4 Å². The Morgan fingerprint density at radius 1 is 1.28 bits per heavy atom. The van der Waals surface area contributed by atoms with Crippen molar-refractivity contribution in [3.05, 3.63) is 54.9 Å². The molecule has 3 rings (SSSR count). The van der Waals surface area contributed by atoms with Crippen molar-refractivity contribution >= 4 is 56.7 Å². The number of rotatable bonds is 6. The second-order valence-corrected chi connectivity index (χ2v) is 7.92. The van der Waals surface area contributed by atoms with E-state index in [0.29, 0.717) is 11.3 Å². The second-order valence-electron chi connectivity index (χ2n) is 5.17. The van der Waals surface area contributed by atoms with Gasteiger partial charge in [0.25, 0.3) is 0 Å². The number of benzene rings is 1. The Balaban J connectivity index is 1.84. The molecule has 2 heterocycles. The fourth-order valence-corrected chi connectivity index (χ4v) is 4.36. The zero-order chi connectivity index (χ0) is 17.8. The summed E-state index contributed by atoms with van der Waals surface area (Å²) >= 11 is 6.64. The molecule has 0 aliphatic carbocycles. The van der Waals surface area contributed by atoms with Crippen LogP contribution in [-0.2, 0) is 11.2 Å². The highest BCUT2D eigenvalue weighted by Gasteiger charge is 2.11. The minimum atomic E-state index is -0.889. The quantitative estimate of drug-likeness (QED) is 0.559. The van der Waals surface area contributed by atoms with Gasteiger partial charge < -0.3 is 9.84 Å². The van der Waals surface area contributed by atoms with E-state index in [-0.39, 0.29) is 6.42 Å². The number of hydrogen-bond acceptors (Lipinski definition) is 5. The molecule has 0 spiro atoms. The molecule has 0 radical (unpaired) electrons. The van der Waals surface area contributed by atoms with Gasteiger partial charge in [-0.2, -0.15) is 0 Å². The van der Waals surface area contributed by atoms with Gasteiger partial charge in [0.2, 0.25) is 0 Å². The highest BCUT2D eigenvalue weighted by molar-refractivity contribution is 9.10. The smallest absolute Gasteiger partial charge is 0.307 e. The van der Waals surface area contributed by atoms with E-state index >= 15 is 0 Å².